The van der Waals surface area contributed by atoms with Crippen molar-refractivity contribution >= 4 is 16.8 Å². The molecule has 290 valence electrons. The molecule has 0 saturated carbocycles. The molecule has 58 heavy (non-hydrogen) atoms. The molecule has 0 N–H and O–H groups in total. The summed E-state index contributed by atoms with van der Waals surface area (Å²) < 4.78 is 30.9. The summed E-state index contributed by atoms with van der Waals surface area (Å²) >= 11 is 0. The predicted octanol–water partition coefficient (Wildman–Crippen LogP) is 10.8. The Labute approximate surface area is 339 Å². The van der Waals surface area contributed by atoms with Gasteiger partial charge < -0.3 is 23.7 Å². The minimum absolute atomic E-state index is 0.250. The summed E-state index contributed by atoms with van der Waals surface area (Å²) in [5, 5.41) is 1.93. The van der Waals surface area contributed by atoms with Gasteiger partial charge in [-0.15, -0.1) is 0 Å². The van der Waals surface area contributed by atoms with Crippen LogP contribution in [0.4, 0.5) is 0 Å². The lowest BCUT2D eigenvalue weighted by Gasteiger charge is -2.38. The van der Waals surface area contributed by atoms with E-state index >= 15 is 0 Å². The molecule has 2 aliphatic rings. The standard InChI is InChI=1S/C50H45N3O5/c1-6-49(7-2)40-21-15-14-20-36(40)43-38-30-41(55-4)42(56-5)31-39(38)45-37(44(43)49)26-27-50(58-45,34-22-24-35(25-23-34)57-29-28-54-3)48-52-46(32-16-10-8-11-17-32)51-47(53-48)33-18-12-9-13-19-33/h8-27,30-31H,6-7,28-29H2,1-5H3. The van der Waals surface area contributed by atoms with Gasteiger partial charge in [0.25, 0.3) is 0 Å². The van der Waals surface area contributed by atoms with E-state index in [-0.39, 0.29) is 5.41 Å². The van der Waals surface area contributed by atoms with Crippen molar-refractivity contribution < 1.29 is 23.7 Å². The summed E-state index contributed by atoms with van der Waals surface area (Å²) in [5.41, 5.74) is 7.06. The highest BCUT2D eigenvalue weighted by Gasteiger charge is 2.48. The first-order chi connectivity index (χ1) is 28.5. The fourth-order valence-electron chi connectivity index (χ4n) is 8.90. The Bertz CT molecular complexity index is 2600. The Morgan fingerprint density at radius 1 is 0.638 bits per heavy atom. The maximum absolute atomic E-state index is 7.71. The Morgan fingerprint density at radius 2 is 1.24 bits per heavy atom. The molecule has 9 rings (SSSR count). The molecular formula is C50H45N3O5. The highest BCUT2D eigenvalue weighted by atomic mass is 16.5. The van der Waals surface area contributed by atoms with Crippen molar-refractivity contribution in [3.05, 3.63) is 155 Å². The zero-order valence-corrected chi connectivity index (χ0v) is 33.4. The second kappa shape index (κ2) is 15.1. The van der Waals surface area contributed by atoms with Crippen molar-refractivity contribution in [1.29, 1.82) is 0 Å². The topological polar surface area (TPSA) is 84.8 Å². The van der Waals surface area contributed by atoms with Crippen LogP contribution in [0.25, 0.3) is 50.8 Å². The van der Waals surface area contributed by atoms with Crippen molar-refractivity contribution in [2.75, 3.05) is 34.5 Å². The van der Waals surface area contributed by atoms with E-state index in [2.05, 4.69) is 56.3 Å². The van der Waals surface area contributed by atoms with E-state index < -0.39 is 5.60 Å². The fraction of sp³-hybridized carbons (Fsp3) is 0.220. The lowest BCUT2D eigenvalue weighted by Crippen LogP contribution is -2.37. The number of benzene rings is 6. The van der Waals surface area contributed by atoms with E-state index in [0.717, 1.165) is 57.4 Å². The van der Waals surface area contributed by atoms with Gasteiger partial charge in [-0.05, 0) is 70.8 Å². The van der Waals surface area contributed by atoms with Crippen LogP contribution in [0.1, 0.15) is 54.8 Å². The van der Waals surface area contributed by atoms with Gasteiger partial charge in [-0.3, -0.25) is 0 Å². The molecule has 6 aromatic carbocycles. The van der Waals surface area contributed by atoms with E-state index in [1.54, 1.807) is 21.3 Å². The molecule has 1 atom stereocenters. The van der Waals surface area contributed by atoms with Crippen molar-refractivity contribution in [3.8, 4) is 56.9 Å². The minimum atomic E-state index is -1.30. The van der Waals surface area contributed by atoms with Crippen molar-refractivity contribution in [1.82, 2.24) is 15.0 Å². The van der Waals surface area contributed by atoms with Gasteiger partial charge in [0.2, 0.25) is 5.60 Å². The number of nitrogens with zero attached hydrogens (tertiary/aromatic N) is 3. The molecule has 0 spiro atoms. The van der Waals surface area contributed by atoms with Crippen LogP contribution >= 0.6 is 0 Å². The Hall–Kier alpha value is -6.51. The maximum atomic E-state index is 7.71. The van der Waals surface area contributed by atoms with Crippen LogP contribution < -0.4 is 18.9 Å². The minimum Gasteiger partial charge on any atom is -0.493 e. The highest BCUT2D eigenvalue weighted by Crippen LogP contribution is 2.61. The van der Waals surface area contributed by atoms with Crippen LogP contribution in [-0.4, -0.2) is 49.5 Å². The zero-order chi connectivity index (χ0) is 39.9. The third kappa shape index (κ3) is 5.90. The first-order valence-electron chi connectivity index (χ1n) is 19.8. The normalized spacial score (nSPS) is 15.9. The second-order valence-corrected chi connectivity index (χ2v) is 14.7. The van der Waals surface area contributed by atoms with Crippen LogP contribution in [0.5, 0.6) is 23.0 Å². The Balaban J connectivity index is 1.36. The Kier molecular flexibility index (Phi) is 9.66. The summed E-state index contributed by atoms with van der Waals surface area (Å²) in [7, 11) is 5.01. The van der Waals surface area contributed by atoms with Crippen molar-refractivity contribution in [2.45, 2.75) is 37.7 Å². The molecule has 0 radical (unpaired) electrons. The number of aromatic nitrogens is 3. The molecule has 0 saturated heterocycles. The van der Waals surface area contributed by atoms with Crippen LogP contribution in [-0.2, 0) is 15.8 Å². The third-order valence-corrected chi connectivity index (χ3v) is 11.8. The first kappa shape index (κ1) is 37.1. The summed E-state index contributed by atoms with van der Waals surface area (Å²) in [5.74, 6) is 4.24. The van der Waals surface area contributed by atoms with Gasteiger partial charge in [0.1, 0.15) is 18.1 Å². The molecule has 0 bridgehead atoms. The second-order valence-electron chi connectivity index (χ2n) is 14.7. The number of rotatable bonds is 12. The molecule has 1 aliphatic heterocycles. The van der Waals surface area contributed by atoms with Crippen molar-refractivity contribution in [3.63, 3.8) is 0 Å². The zero-order valence-electron chi connectivity index (χ0n) is 33.4. The van der Waals surface area contributed by atoms with Gasteiger partial charge >= 0.3 is 0 Å². The van der Waals surface area contributed by atoms with E-state index in [1.165, 1.54) is 22.3 Å². The van der Waals surface area contributed by atoms with Gasteiger partial charge in [-0.25, -0.2) is 15.0 Å². The van der Waals surface area contributed by atoms with E-state index in [4.69, 9.17) is 38.6 Å². The number of fused-ring (bicyclic) bond motifs is 8. The van der Waals surface area contributed by atoms with Gasteiger partial charge in [0.05, 0.1) is 20.8 Å². The molecule has 1 aromatic heterocycles. The first-order valence-corrected chi connectivity index (χ1v) is 19.8. The van der Waals surface area contributed by atoms with E-state index in [0.29, 0.717) is 42.2 Å². The predicted molar refractivity (Wildman–Crippen MR) is 229 cm³/mol. The smallest absolute Gasteiger partial charge is 0.212 e. The number of methoxy groups -OCH3 is 3. The van der Waals surface area contributed by atoms with Crippen LogP contribution in [0.3, 0.4) is 0 Å². The number of hydrogen-bond acceptors (Lipinski definition) is 8. The molecule has 8 nitrogen and oxygen atoms in total. The van der Waals surface area contributed by atoms with Gasteiger partial charge in [-0.1, -0.05) is 117 Å². The molecule has 0 fully saturated rings. The van der Waals surface area contributed by atoms with Gasteiger partial charge in [0.15, 0.2) is 29.0 Å². The highest BCUT2D eigenvalue weighted by molar-refractivity contribution is 6.09. The summed E-state index contributed by atoms with van der Waals surface area (Å²) in [6.45, 7) is 5.49. The lowest BCUT2D eigenvalue weighted by molar-refractivity contribution is 0.145. The number of hydrogen-bond donors (Lipinski definition) is 0. The molecule has 2 heterocycles. The monoisotopic (exact) mass is 767 g/mol. The van der Waals surface area contributed by atoms with Crippen LogP contribution in [0.15, 0.2) is 127 Å². The van der Waals surface area contributed by atoms with Gasteiger partial charge in [-0.2, -0.15) is 0 Å². The molecular weight excluding hydrogens is 723 g/mol. The average molecular weight is 768 g/mol. The maximum Gasteiger partial charge on any atom is 0.212 e. The number of ether oxygens (including phenoxy) is 5. The molecule has 7 aromatic rings. The summed E-state index contributed by atoms with van der Waals surface area (Å²) in [6, 6.07) is 41.0. The van der Waals surface area contributed by atoms with E-state index in [9.17, 15) is 0 Å². The molecule has 0 amide bonds. The molecule has 1 unspecified atom stereocenters. The third-order valence-electron chi connectivity index (χ3n) is 11.8. The van der Waals surface area contributed by atoms with Crippen LogP contribution in [0, 0.1) is 0 Å². The van der Waals surface area contributed by atoms with E-state index in [1.807, 2.05) is 91.0 Å². The average Bonchev–Trinajstić information content (AvgIpc) is 3.60. The SMILES string of the molecule is CCC1(CC)c2ccccc2-c2c1c1c(c3cc(OC)c(OC)cc23)OC(c2ccc(OCCOC)cc2)(c2nc(-c3ccccc3)nc(-c3ccccc3)n2)C=C1. The molecule has 8 heteroatoms. The van der Waals surface area contributed by atoms with Gasteiger partial charge in [0, 0.05) is 40.2 Å². The largest absolute Gasteiger partial charge is 0.493 e. The van der Waals surface area contributed by atoms with Crippen molar-refractivity contribution in [2.24, 2.45) is 0 Å². The summed E-state index contributed by atoms with van der Waals surface area (Å²) in [4.78, 5) is 15.6. The fourth-order valence-corrected chi connectivity index (χ4v) is 8.90. The quantitative estimate of drug-likeness (QED) is 0.114. The Morgan fingerprint density at radius 3 is 1.84 bits per heavy atom. The lowest BCUT2D eigenvalue weighted by atomic mass is 9.71. The van der Waals surface area contributed by atoms with Crippen LogP contribution in [0.2, 0.25) is 0 Å². The molecule has 1 aliphatic carbocycles. The summed E-state index contributed by atoms with van der Waals surface area (Å²) in [6.07, 6.45) is 6.19.